The molecule has 0 aliphatic carbocycles. The van der Waals surface area contributed by atoms with E-state index >= 15 is 0 Å². The van der Waals surface area contributed by atoms with E-state index in [1.54, 1.807) is 11.8 Å². The average molecular weight is 284 g/mol. The number of piperidine rings is 1. The molecule has 5 heteroatoms. The number of hydrogen-bond acceptors (Lipinski definition) is 3. The molecule has 0 radical (unpaired) electrons. The van der Waals surface area contributed by atoms with Crippen LogP contribution in [0.2, 0.25) is 0 Å². The number of hydrogen-bond donors (Lipinski definition) is 1. The summed E-state index contributed by atoms with van der Waals surface area (Å²) in [5.41, 5.74) is -0.409. The van der Waals surface area contributed by atoms with Crippen molar-refractivity contribution in [3.05, 3.63) is 0 Å². The summed E-state index contributed by atoms with van der Waals surface area (Å²) >= 11 is 0. The Morgan fingerprint density at radius 2 is 1.90 bits per heavy atom. The molecule has 0 bridgehead atoms. The van der Waals surface area contributed by atoms with Gasteiger partial charge in [-0.3, -0.25) is 4.79 Å². The van der Waals surface area contributed by atoms with E-state index in [-0.39, 0.29) is 18.0 Å². The third-order valence-electron chi connectivity index (χ3n) is 3.66. The Balaban J connectivity index is 2.67. The quantitative estimate of drug-likeness (QED) is 0.865. The van der Waals surface area contributed by atoms with E-state index in [4.69, 9.17) is 4.74 Å². The van der Waals surface area contributed by atoms with Crippen LogP contribution in [0.3, 0.4) is 0 Å². The first kappa shape index (κ1) is 16.8. The standard InChI is InChI=1S/C15H28N2O3/c1-6-11-8-12(16-13(18)15(3,4)5)10-17(9-11)14(19)20-7-2/h11-12H,6-10H2,1-5H3,(H,16,18). The normalized spacial score (nSPS) is 23.4. The van der Waals surface area contributed by atoms with Gasteiger partial charge in [0, 0.05) is 24.5 Å². The summed E-state index contributed by atoms with van der Waals surface area (Å²) in [5, 5.41) is 3.06. The number of carbonyl (C=O) groups excluding carboxylic acids is 2. The molecule has 0 aromatic rings. The van der Waals surface area contributed by atoms with Gasteiger partial charge >= 0.3 is 6.09 Å². The highest BCUT2D eigenvalue weighted by Crippen LogP contribution is 2.22. The molecule has 0 spiro atoms. The van der Waals surface area contributed by atoms with Gasteiger partial charge in [-0.1, -0.05) is 34.1 Å². The SMILES string of the molecule is CCOC(=O)N1CC(CC)CC(NC(=O)C(C)(C)C)C1. The van der Waals surface area contributed by atoms with E-state index in [1.807, 2.05) is 20.8 Å². The highest BCUT2D eigenvalue weighted by Gasteiger charge is 2.32. The van der Waals surface area contributed by atoms with E-state index in [0.717, 1.165) is 19.4 Å². The zero-order valence-electron chi connectivity index (χ0n) is 13.4. The molecule has 1 N–H and O–H groups in total. The van der Waals surface area contributed by atoms with Crippen LogP contribution in [0.1, 0.15) is 47.5 Å². The van der Waals surface area contributed by atoms with E-state index in [1.165, 1.54) is 0 Å². The van der Waals surface area contributed by atoms with Crippen LogP contribution in [-0.2, 0) is 9.53 Å². The first-order chi connectivity index (χ1) is 9.27. The Labute approximate surface area is 122 Å². The predicted molar refractivity (Wildman–Crippen MR) is 78.4 cm³/mol. The van der Waals surface area contributed by atoms with Crippen molar-refractivity contribution in [3.8, 4) is 0 Å². The molecule has 0 aromatic heterocycles. The van der Waals surface area contributed by atoms with Gasteiger partial charge < -0.3 is 15.0 Å². The van der Waals surface area contributed by atoms with Crippen LogP contribution in [0.15, 0.2) is 0 Å². The van der Waals surface area contributed by atoms with Gasteiger partial charge in [0.2, 0.25) is 5.91 Å². The molecular weight excluding hydrogens is 256 g/mol. The van der Waals surface area contributed by atoms with Crippen molar-refractivity contribution < 1.29 is 14.3 Å². The van der Waals surface area contributed by atoms with Gasteiger partial charge in [0.15, 0.2) is 0 Å². The molecule has 5 nitrogen and oxygen atoms in total. The van der Waals surface area contributed by atoms with Crippen LogP contribution in [0.4, 0.5) is 4.79 Å². The molecule has 1 fully saturated rings. The molecule has 2 amide bonds. The van der Waals surface area contributed by atoms with Gasteiger partial charge in [-0.05, 0) is 19.3 Å². The third kappa shape index (κ3) is 4.69. The average Bonchev–Trinajstić information content (AvgIpc) is 2.37. The summed E-state index contributed by atoms with van der Waals surface area (Å²) in [6, 6.07) is 0.0184. The van der Waals surface area contributed by atoms with Gasteiger partial charge in [0.05, 0.1) is 6.61 Å². The van der Waals surface area contributed by atoms with E-state index in [2.05, 4.69) is 12.2 Å². The number of ether oxygens (including phenoxy) is 1. The molecule has 0 aromatic carbocycles. The lowest BCUT2D eigenvalue weighted by atomic mass is 9.90. The molecule has 1 heterocycles. The molecule has 1 aliphatic heterocycles. The zero-order chi connectivity index (χ0) is 15.3. The van der Waals surface area contributed by atoms with E-state index < -0.39 is 5.41 Å². The highest BCUT2D eigenvalue weighted by atomic mass is 16.6. The fraction of sp³-hybridized carbons (Fsp3) is 0.867. The van der Waals surface area contributed by atoms with Gasteiger partial charge in [0.1, 0.15) is 0 Å². The number of nitrogens with zero attached hydrogens (tertiary/aromatic N) is 1. The minimum absolute atomic E-state index is 0.0184. The van der Waals surface area contributed by atoms with Crippen molar-refractivity contribution in [2.24, 2.45) is 11.3 Å². The molecule has 2 atom stereocenters. The van der Waals surface area contributed by atoms with Gasteiger partial charge in [0.25, 0.3) is 0 Å². The summed E-state index contributed by atoms with van der Waals surface area (Å²) in [6.07, 6.45) is 1.65. The zero-order valence-corrected chi connectivity index (χ0v) is 13.4. The highest BCUT2D eigenvalue weighted by molar-refractivity contribution is 5.81. The van der Waals surface area contributed by atoms with Crippen LogP contribution in [0, 0.1) is 11.3 Å². The predicted octanol–water partition coefficient (Wildman–Crippen LogP) is 2.41. The summed E-state index contributed by atoms with van der Waals surface area (Å²) in [7, 11) is 0. The first-order valence-electron chi connectivity index (χ1n) is 7.50. The van der Waals surface area contributed by atoms with Crippen LogP contribution < -0.4 is 5.32 Å². The van der Waals surface area contributed by atoms with Crippen molar-refractivity contribution in [2.75, 3.05) is 19.7 Å². The molecule has 1 rings (SSSR count). The second-order valence-electron chi connectivity index (χ2n) is 6.53. The first-order valence-corrected chi connectivity index (χ1v) is 7.50. The second-order valence-corrected chi connectivity index (χ2v) is 6.53. The number of likely N-dealkylation sites (tertiary alicyclic amines) is 1. The molecule has 1 saturated heterocycles. The van der Waals surface area contributed by atoms with E-state index in [0.29, 0.717) is 19.1 Å². The van der Waals surface area contributed by atoms with Crippen LogP contribution in [0.25, 0.3) is 0 Å². The number of rotatable bonds is 3. The Morgan fingerprint density at radius 3 is 2.40 bits per heavy atom. The van der Waals surface area contributed by atoms with Crippen molar-refractivity contribution in [1.29, 1.82) is 0 Å². The minimum atomic E-state index is -0.409. The van der Waals surface area contributed by atoms with Crippen LogP contribution >= 0.6 is 0 Å². The fourth-order valence-corrected chi connectivity index (χ4v) is 2.37. The monoisotopic (exact) mass is 284 g/mol. The lowest BCUT2D eigenvalue weighted by molar-refractivity contribution is -0.129. The third-order valence-corrected chi connectivity index (χ3v) is 3.66. The minimum Gasteiger partial charge on any atom is -0.450 e. The van der Waals surface area contributed by atoms with Crippen molar-refractivity contribution in [1.82, 2.24) is 10.2 Å². The summed E-state index contributed by atoms with van der Waals surface area (Å²) in [6.45, 7) is 11.2. The Morgan fingerprint density at radius 1 is 1.25 bits per heavy atom. The van der Waals surface area contributed by atoms with E-state index in [9.17, 15) is 9.59 Å². The molecule has 0 saturated carbocycles. The lowest BCUT2D eigenvalue weighted by Gasteiger charge is -2.38. The smallest absolute Gasteiger partial charge is 0.409 e. The lowest BCUT2D eigenvalue weighted by Crippen LogP contribution is -2.54. The molecule has 20 heavy (non-hydrogen) atoms. The fourth-order valence-electron chi connectivity index (χ4n) is 2.37. The second kappa shape index (κ2) is 6.95. The summed E-state index contributed by atoms with van der Waals surface area (Å²) in [4.78, 5) is 25.7. The van der Waals surface area contributed by atoms with Crippen LogP contribution in [0.5, 0.6) is 0 Å². The van der Waals surface area contributed by atoms with Crippen molar-refractivity contribution in [3.63, 3.8) is 0 Å². The molecule has 2 unspecified atom stereocenters. The maximum Gasteiger partial charge on any atom is 0.409 e. The topological polar surface area (TPSA) is 58.6 Å². The summed E-state index contributed by atoms with van der Waals surface area (Å²) < 4.78 is 5.07. The number of amides is 2. The largest absolute Gasteiger partial charge is 0.450 e. The van der Waals surface area contributed by atoms with Crippen LogP contribution in [-0.4, -0.2) is 42.6 Å². The van der Waals surface area contributed by atoms with Gasteiger partial charge in [-0.2, -0.15) is 0 Å². The molecule has 1 aliphatic rings. The van der Waals surface area contributed by atoms with Crippen molar-refractivity contribution in [2.45, 2.75) is 53.5 Å². The van der Waals surface area contributed by atoms with Gasteiger partial charge in [-0.15, -0.1) is 0 Å². The maximum atomic E-state index is 12.1. The van der Waals surface area contributed by atoms with Gasteiger partial charge in [-0.25, -0.2) is 4.79 Å². The maximum absolute atomic E-state index is 12.1. The Hall–Kier alpha value is -1.26. The summed E-state index contributed by atoms with van der Waals surface area (Å²) in [5.74, 6) is 0.446. The number of nitrogens with one attached hydrogen (secondary N) is 1. The van der Waals surface area contributed by atoms with Crippen molar-refractivity contribution >= 4 is 12.0 Å². The number of carbonyl (C=O) groups is 2. The Kier molecular flexibility index (Phi) is 5.84. The Bertz CT molecular complexity index is 350. The molecule has 116 valence electrons. The molecular formula is C15H28N2O3.